The van der Waals surface area contributed by atoms with Gasteiger partial charge in [-0.05, 0) is 74.3 Å². The first kappa shape index (κ1) is 21.5. The maximum atomic E-state index is 13.4. The molecule has 2 aromatic rings. The number of hydrogen-bond acceptors (Lipinski definition) is 3. The molecule has 2 amide bonds. The summed E-state index contributed by atoms with van der Waals surface area (Å²) < 4.78 is 0. The molecule has 0 radical (unpaired) electrons. The first-order chi connectivity index (χ1) is 14.9. The average molecular weight is 420 g/mol. The normalized spacial score (nSPS) is 22.3. The fourth-order valence-electron chi connectivity index (χ4n) is 4.81. The van der Waals surface area contributed by atoms with E-state index < -0.39 is 5.41 Å². The Bertz CT molecular complexity index is 933. The number of nitrogens with one attached hydrogen (secondary N) is 1. The summed E-state index contributed by atoms with van der Waals surface area (Å²) in [6.07, 6.45) is 6.68. The van der Waals surface area contributed by atoms with Gasteiger partial charge in [0.2, 0.25) is 11.8 Å². The first-order valence-corrected chi connectivity index (χ1v) is 11.5. The number of carbonyl (C=O) groups excluding carboxylic acids is 2. The summed E-state index contributed by atoms with van der Waals surface area (Å²) in [7, 11) is 0. The van der Waals surface area contributed by atoms with E-state index >= 15 is 0 Å². The van der Waals surface area contributed by atoms with Crippen molar-refractivity contribution in [2.24, 2.45) is 17.3 Å². The molecule has 1 saturated heterocycles. The topological polar surface area (TPSA) is 62.3 Å². The van der Waals surface area contributed by atoms with Crippen LogP contribution in [0.1, 0.15) is 45.6 Å². The molecule has 1 aliphatic carbocycles. The second-order valence-corrected chi connectivity index (χ2v) is 9.62. The number of benzene rings is 1. The van der Waals surface area contributed by atoms with Gasteiger partial charge in [-0.2, -0.15) is 0 Å². The predicted octanol–water partition coefficient (Wildman–Crippen LogP) is 4.08. The van der Waals surface area contributed by atoms with Gasteiger partial charge < -0.3 is 10.2 Å². The van der Waals surface area contributed by atoms with Crippen LogP contribution in [0, 0.1) is 17.3 Å². The second-order valence-electron chi connectivity index (χ2n) is 9.62. The van der Waals surface area contributed by atoms with E-state index in [1.54, 1.807) is 12.4 Å². The van der Waals surface area contributed by atoms with Crippen LogP contribution in [0.4, 0.5) is 0 Å². The number of likely N-dealkylation sites (tertiary alicyclic amines) is 1. The van der Waals surface area contributed by atoms with Crippen LogP contribution in [0.2, 0.25) is 0 Å². The molecular weight excluding hydrogens is 386 g/mol. The highest BCUT2D eigenvalue weighted by Gasteiger charge is 2.46. The number of hydrogen-bond donors (Lipinski definition) is 1. The molecule has 1 aromatic heterocycles. The average Bonchev–Trinajstić information content (AvgIpc) is 3.51. The summed E-state index contributed by atoms with van der Waals surface area (Å²) in [5, 5.41) is 3.17. The Morgan fingerprint density at radius 3 is 2.39 bits per heavy atom. The van der Waals surface area contributed by atoms with E-state index in [0.29, 0.717) is 38.3 Å². The largest absolute Gasteiger partial charge is 0.353 e. The lowest BCUT2D eigenvalue weighted by Crippen LogP contribution is -2.52. The van der Waals surface area contributed by atoms with E-state index in [4.69, 9.17) is 0 Å². The minimum atomic E-state index is -0.501. The minimum Gasteiger partial charge on any atom is -0.353 e. The molecule has 4 rings (SSSR count). The lowest BCUT2D eigenvalue weighted by atomic mass is 9.71. The zero-order valence-electron chi connectivity index (χ0n) is 18.8. The monoisotopic (exact) mass is 419 g/mol. The standard InChI is InChI=1S/C26H33N3O2/c1-18(2)28-25(31)26(10-14-29(15-11-26)24(30)23-16-19(23)3)17-21-6-4-5-7-22(21)20-8-12-27-13-9-20/h4-9,12-13,18-19,23H,10-11,14-17H2,1-3H3,(H,28,31)/t19-,23+/m0/s1. The third-order valence-corrected chi connectivity index (χ3v) is 6.90. The van der Waals surface area contributed by atoms with Gasteiger partial charge in [0, 0.05) is 37.4 Å². The fourth-order valence-corrected chi connectivity index (χ4v) is 4.81. The van der Waals surface area contributed by atoms with Crippen LogP contribution >= 0.6 is 0 Å². The van der Waals surface area contributed by atoms with E-state index in [1.807, 2.05) is 43.0 Å². The molecule has 5 nitrogen and oxygen atoms in total. The molecule has 2 atom stereocenters. The van der Waals surface area contributed by atoms with E-state index in [9.17, 15) is 9.59 Å². The number of aromatic nitrogens is 1. The molecule has 0 unspecified atom stereocenters. The van der Waals surface area contributed by atoms with E-state index in [2.05, 4.69) is 29.4 Å². The predicted molar refractivity (Wildman–Crippen MR) is 122 cm³/mol. The Labute approximate surface area is 185 Å². The molecule has 1 aromatic carbocycles. The molecule has 1 saturated carbocycles. The Morgan fingerprint density at radius 2 is 1.77 bits per heavy atom. The molecule has 2 heterocycles. The van der Waals surface area contributed by atoms with Gasteiger partial charge in [0.25, 0.3) is 0 Å². The van der Waals surface area contributed by atoms with Crippen molar-refractivity contribution in [3.8, 4) is 11.1 Å². The van der Waals surface area contributed by atoms with Crippen LogP contribution in [-0.4, -0.2) is 40.8 Å². The van der Waals surface area contributed by atoms with Crippen molar-refractivity contribution in [2.75, 3.05) is 13.1 Å². The van der Waals surface area contributed by atoms with Crippen molar-refractivity contribution in [1.82, 2.24) is 15.2 Å². The van der Waals surface area contributed by atoms with Crippen molar-refractivity contribution in [3.05, 3.63) is 54.4 Å². The molecule has 164 valence electrons. The highest BCUT2D eigenvalue weighted by molar-refractivity contribution is 5.85. The smallest absolute Gasteiger partial charge is 0.226 e. The zero-order chi connectivity index (χ0) is 22.0. The molecule has 2 fully saturated rings. The number of carbonyl (C=O) groups is 2. The van der Waals surface area contributed by atoms with Crippen LogP contribution < -0.4 is 5.32 Å². The molecule has 1 N–H and O–H groups in total. The van der Waals surface area contributed by atoms with E-state index in [1.165, 1.54) is 5.56 Å². The van der Waals surface area contributed by atoms with Gasteiger partial charge in [-0.25, -0.2) is 0 Å². The second kappa shape index (κ2) is 8.81. The Morgan fingerprint density at radius 1 is 1.13 bits per heavy atom. The van der Waals surface area contributed by atoms with E-state index in [0.717, 1.165) is 17.5 Å². The first-order valence-electron chi connectivity index (χ1n) is 11.5. The van der Waals surface area contributed by atoms with Crippen LogP contribution in [0.25, 0.3) is 11.1 Å². The summed E-state index contributed by atoms with van der Waals surface area (Å²) in [5.74, 6) is 1.10. The number of piperidine rings is 1. The maximum Gasteiger partial charge on any atom is 0.226 e. The number of pyridine rings is 1. The van der Waals surface area contributed by atoms with Gasteiger partial charge in [-0.15, -0.1) is 0 Å². The highest BCUT2D eigenvalue weighted by Crippen LogP contribution is 2.42. The maximum absolute atomic E-state index is 13.4. The summed E-state index contributed by atoms with van der Waals surface area (Å²) in [4.78, 5) is 32.3. The summed E-state index contributed by atoms with van der Waals surface area (Å²) in [6, 6.07) is 12.4. The minimum absolute atomic E-state index is 0.0896. The number of nitrogens with zero attached hydrogens (tertiary/aromatic N) is 2. The summed E-state index contributed by atoms with van der Waals surface area (Å²) in [5.41, 5.74) is 2.93. The van der Waals surface area contributed by atoms with Crippen LogP contribution in [0.15, 0.2) is 48.8 Å². The van der Waals surface area contributed by atoms with Crippen LogP contribution in [0.3, 0.4) is 0 Å². The molecule has 0 bridgehead atoms. The summed E-state index contributed by atoms with van der Waals surface area (Å²) >= 11 is 0. The highest BCUT2D eigenvalue weighted by atomic mass is 16.2. The molecule has 0 spiro atoms. The third kappa shape index (κ3) is 4.65. The van der Waals surface area contributed by atoms with Crippen molar-refractivity contribution < 1.29 is 9.59 Å². The van der Waals surface area contributed by atoms with Gasteiger partial charge >= 0.3 is 0 Å². The molecule has 31 heavy (non-hydrogen) atoms. The van der Waals surface area contributed by atoms with Crippen molar-refractivity contribution >= 4 is 11.8 Å². The van der Waals surface area contributed by atoms with Gasteiger partial charge in [-0.1, -0.05) is 31.2 Å². The van der Waals surface area contributed by atoms with Crippen LogP contribution in [0.5, 0.6) is 0 Å². The Hall–Kier alpha value is -2.69. The Kier molecular flexibility index (Phi) is 6.12. The molecule has 2 aliphatic rings. The SMILES string of the molecule is CC(C)NC(=O)C1(Cc2ccccc2-c2ccncc2)CCN(C(=O)[C@@H]2C[C@@H]2C)CC1. The fraction of sp³-hybridized carbons (Fsp3) is 0.500. The van der Waals surface area contributed by atoms with E-state index in [-0.39, 0.29) is 23.8 Å². The van der Waals surface area contributed by atoms with Crippen molar-refractivity contribution in [2.45, 2.75) is 52.5 Å². The molecular formula is C26H33N3O2. The van der Waals surface area contributed by atoms with Crippen LogP contribution in [-0.2, 0) is 16.0 Å². The van der Waals surface area contributed by atoms with Crippen molar-refractivity contribution in [3.63, 3.8) is 0 Å². The lowest BCUT2D eigenvalue weighted by Gasteiger charge is -2.41. The zero-order valence-corrected chi connectivity index (χ0v) is 18.8. The van der Waals surface area contributed by atoms with Gasteiger partial charge in [0.1, 0.15) is 0 Å². The quantitative estimate of drug-likeness (QED) is 0.767. The van der Waals surface area contributed by atoms with Gasteiger partial charge in [0.05, 0.1) is 5.41 Å². The number of rotatable bonds is 6. The molecule has 1 aliphatic heterocycles. The third-order valence-electron chi connectivity index (χ3n) is 6.90. The lowest BCUT2D eigenvalue weighted by molar-refractivity contribution is -0.141. The van der Waals surface area contributed by atoms with Crippen molar-refractivity contribution in [1.29, 1.82) is 0 Å². The summed E-state index contributed by atoms with van der Waals surface area (Å²) in [6.45, 7) is 7.46. The number of amides is 2. The van der Waals surface area contributed by atoms with Gasteiger partial charge in [0.15, 0.2) is 0 Å². The van der Waals surface area contributed by atoms with Gasteiger partial charge in [-0.3, -0.25) is 14.6 Å². The molecule has 5 heteroatoms. The Balaban J connectivity index is 1.59.